The normalized spacial score (nSPS) is 14.8. The van der Waals surface area contributed by atoms with E-state index in [4.69, 9.17) is 10.2 Å². The van der Waals surface area contributed by atoms with Crippen molar-refractivity contribution in [1.82, 2.24) is 0 Å². The summed E-state index contributed by atoms with van der Waals surface area (Å²) in [6.07, 6.45) is 0. The van der Waals surface area contributed by atoms with Crippen LogP contribution in [0.15, 0.2) is 21.5 Å². The number of hydrogen-bond donors (Lipinski definition) is 1. The molecule has 1 rings (SSSR count). The molecule has 3 nitrogen and oxygen atoms in total. The Hall–Kier alpha value is -1.25. The fourth-order valence-electron chi connectivity index (χ4n) is 1.11. The minimum absolute atomic E-state index is 0.00565. The van der Waals surface area contributed by atoms with Crippen molar-refractivity contribution in [2.75, 3.05) is 0 Å². The highest BCUT2D eigenvalue weighted by Gasteiger charge is 2.09. The van der Waals surface area contributed by atoms with E-state index < -0.39 is 0 Å². The monoisotopic (exact) mass is 194 g/mol. The lowest BCUT2D eigenvalue weighted by Gasteiger charge is -2.07. The molecule has 0 aliphatic carbocycles. The Morgan fingerprint density at radius 2 is 2.00 bits per heavy atom. The second kappa shape index (κ2) is 4.31. The average molecular weight is 194 g/mol. The van der Waals surface area contributed by atoms with Crippen LogP contribution in [0, 0.1) is 12.8 Å². The Balaban J connectivity index is 2.76. The van der Waals surface area contributed by atoms with Crippen LogP contribution in [0.3, 0.4) is 0 Å². The van der Waals surface area contributed by atoms with E-state index in [0.29, 0.717) is 5.84 Å². The van der Waals surface area contributed by atoms with Gasteiger partial charge in [-0.25, -0.2) is 0 Å². The summed E-state index contributed by atoms with van der Waals surface area (Å²) in [5.74, 6) is 2.73. The molecule has 0 fully saturated rings. The number of amidine groups is 1. The van der Waals surface area contributed by atoms with Crippen LogP contribution in [-0.4, -0.2) is 5.84 Å². The lowest BCUT2D eigenvalue weighted by atomic mass is 10.2. The summed E-state index contributed by atoms with van der Waals surface area (Å²) < 4.78 is 5.46. The van der Waals surface area contributed by atoms with Gasteiger partial charge in [0.2, 0.25) is 0 Å². The van der Waals surface area contributed by atoms with E-state index in [1.807, 2.05) is 39.8 Å². The van der Waals surface area contributed by atoms with Gasteiger partial charge in [-0.3, -0.25) is 4.99 Å². The second-order valence-electron chi connectivity index (χ2n) is 3.83. The molecule has 1 aromatic rings. The molecule has 0 spiro atoms. The van der Waals surface area contributed by atoms with Gasteiger partial charge in [0.1, 0.15) is 17.6 Å². The van der Waals surface area contributed by atoms with Crippen molar-refractivity contribution in [3.8, 4) is 0 Å². The van der Waals surface area contributed by atoms with Crippen LogP contribution in [0.4, 0.5) is 0 Å². The molecule has 0 saturated heterocycles. The Morgan fingerprint density at radius 1 is 1.36 bits per heavy atom. The first-order valence-electron chi connectivity index (χ1n) is 4.90. The van der Waals surface area contributed by atoms with Gasteiger partial charge in [0.25, 0.3) is 0 Å². The zero-order chi connectivity index (χ0) is 10.7. The highest BCUT2D eigenvalue weighted by atomic mass is 16.3. The number of rotatable bonds is 3. The molecule has 1 aromatic heterocycles. The van der Waals surface area contributed by atoms with E-state index in [2.05, 4.69) is 4.99 Å². The maximum absolute atomic E-state index is 5.77. The van der Waals surface area contributed by atoms with Crippen molar-refractivity contribution in [3.63, 3.8) is 0 Å². The van der Waals surface area contributed by atoms with Gasteiger partial charge in [-0.15, -0.1) is 0 Å². The van der Waals surface area contributed by atoms with Gasteiger partial charge in [-0.05, 0) is 26.0 Å². The van der Waals surface area contributed by atoms with E-state index in [0.717, 1.165) is 11.5 Å². The van der Waals surface area contributed by atoms with Crippen LogP contribution in [0.25, 0.3) is 0 Å². The Bertz CT molecular complexity index is 326. The minimum atomic E-state index is 0.00565. The summed E-state index contributed by atoms with van der Waals surface area (Å²) in [6.45, 7) is 7.96. The summed E-state index contributed by atoms with van der Waals surface area (Å²) >= 11 is 0. The average Bonchev–Trinajstić information content (AvgIpc) is 2.51. The number of hydrogen-bond acceptors (Lipinski definition) is 2. The lowest BCUT2D eigenvalue weighted by Crippen LogP contribution is -2.19. The van der Waals surface area contributed by atoms with E-state index in [1.54, 1.807) is 0 Å². The molecule has 3 heteroatoms. The SMILES string of the molecule is Cc1ccc(C(C)N=C(N)C(C)C)o1. The van der Waals surface area contributed by atoms with Gasteiger partial charge in [0, 0.05) is 5.92 Å². The molecule has 0 saturated carbocycles. The first-order valence-corrected chi connectivity index (χ1v) is 4.90. The number of nitrogens with zero attached hydrogens (tertiary/aromatic N) is 1. The van der Waals surface area contributed by atoms with Crippen molar-refractivity contribution in [2.45, 2.75) is 33.7 Å². The molecule has 1 atom stereocenters. The number of furan rings is 1. The Kier molecular flexibility index (Phi) is 3.33. The van der Waals surface area contributed by atoms with Crippen molar-refractivity contribution in [1.29, 1.82) is 0 Å². The molecule has 14 heavy (non-hydrogen) atoms. The molecule has 0 bridgehead atoms. The lowest BCUT2D eigenvalue weighted by molar-refractivity contribution is 0.457. The van der Waals surface area contributed by atoms with Crippen LogP contribution in [-0.2, 0) is 0 Å². The summed E-state index contributed by atoms with van der Waals surface area (Å²) in [4.78, 5) is 4.36. The van der Waals surface area contributed by atoms with Crippen molar-refractivity contribution < 1.29 is 4.42 Å². The third-order valence-corrected chi connectivity index (χ3v) is 2.11. The number of nitrogens with two attached hydrogens (primary N) is 1. The minimum Gasteiger partial charge on any atom is -0.464 e. The smallest absolute Gasteiger partial charge is 0.128 e. The first-order chi connectivity index (χ1) is 6.50. The topological polar surface area (TPSA) is 51.5 Å². The first kappa shape index (κ1) is 10.8. The standard InChI is InChI=1S/C11H18N2O/c1-7(2)11(12)13-9(4)10-6-5-8(3)14-10/h5-7,9H,1-4H3,(H2,12,13). The maximum atomic E-state index is 5.77. The third-order valence-electron chi connectivity index (χ3n) is 2.11. The van der Waals surface area contributed by atoms with Crippen LogP contribution in [0.1, 0.15) is 38.3 Å². The third kappa shape index (κ3) is 2.62. The molecule has 0 radical (unpaired) electrons. The van der Waals surface area contributed by atoms with Crippen LogP contribution in [0.5, 0.6) is 0 Å². The fraction of sp³-hybridized carbons (Fsp3) is 0.545. The van der Waals surface area contributed by atoms with Crippen molar-refractivity contribution in [3.05, 3.63) is 23.7 Å². The quantitative estimate of drug-likeness (QED) is 0.594. The maximum Gasteiger partial charge on any atom is 0.128 e. The zero-order valence-electron chi connectivity index (χ0n) is 9.24. The summed E-state index contributed by atoms with van der Waals surface area (Å²) in [5.41, 5.74) is 5.77. The van der Waals surface area contributed by atoms with Crippen LogP contribution in [0.2, 0.25) is 0 Å². The molecule has 1 unspecified atom stereocenters. The van der Waals surface area contributed by atoms with Gasteiger partial charge < -0.3 is 10.2 Å². The Morgan fingerprint density at radius 3 is 2.43 bits per heavy atom. The predicted octanol–water partition coefficient (Wildman–Crippen LogP) is 2.66. The van der Waals surface area contributed by atoms with Gasteiger partial charge >= 0.3 is 0 Å². The highest BCUT2D eigenvalue weighted by molar-refractivity contribution is 5.82. The van der Waals surface area contributed by atoms with E-state index in [9.17, 15) is 0 Å². The molecular formula is C11H18N2O. The molecular weight excluding hydrogens is 176 g/mol. The summed E-state index contributed by atoms with van der Waals surface area (Å²) in [6, 6.07) is 3.88. The largest absolute Gasteiger partial charge is 0.464 e. The molecule has 0 aromatic carbocycles. The summed E-state index contributed by atoms with van der Waals surface area (Å²) in [7, 11) is 0. The molecule has 0 amide bonds. The van der Waals surface area contributed by atoms with Crippen LogP contribution >= 0.6 is 0 Å². The van der Waals surface area contributed by atoms with Crippen molar-refractivity contribution in [2.24, 2.45) is 16.6 Å². The zero-order valence-corrected chi connectivity index (χ0v) is 9.24. The highest BCUT2D eigenvalue weighted by Crippen LogP contribution is 2.19. The fourth-order valence-corrected chi connectivity index (χ4v) is 1.11. The van der Waals surface area contributed by atoms with E-state index in [-0.39, 0.29) is 12.0 Å². The van der Waals surface area contributed by atoms with Crippen molar-refractivity contribution >= 4 is 5.84 Å². The molecule has 0 aliphatic heterocycles. The van der Waals surface area contributed by atoms with Gasteiger partial charge in [-0.2, -0.15) is 0 Å². The van der Waals surface area contributed by atoms with Crippen LogP contribution < -0.4 is 5.73 Å². The number of aliphatic imine (C=N–C) groups is 1. The molecule has 1 heterocycles. The van der Waals surface area contributed by atoms with Gasteiger partial charge in [0.15, 0.2) is 0 Å². The van der Waals surface area contributed by atoms with E-state index in [1.165, 1.54) is 0 Å². The number of aryl methyl sites for hydroxylation is 1. The van der Waals surface area contributed by atoms with Gasteiger partial charge in [0.05, 0.1) is 5.84 Å². The molecule has 78 valence electrons. The second-order valence-corrected chi connectivity index (χ2v) is 3.83. The van der Waals surface area contributed by atoms with Gasteiger partial charge in [-0.1, -0.05) is 13.8 Å². The Labute approximate surface area is 85.0 Å². The van der Waals surface area contributed by atoms with E-state index >= 15 is 0 Å². The molecule has 2 N–H and O–H groups in total. The predicted molar refractivity (Wildman–Crippen MR) is 58.3 cm³/mol. The summed E-state index contributed by atoms with van der Waals surface area (Å²) in [5, 5.41) is 0. The molecule has 0 aliphatic rings.